The van der Waals surface area contributed by atoms with Crippen molar-refractivity contribution < 1.29 is 19.1 Å². The van der Waals surface area contributed by atoms with Gasteiger partial charge in [-0.05, 0) is 40.5 Å². The van der Waals surface area contributed by atoms with Crippen LogP contribution in [0.25, 0.3) is 0 Å². The maximum absolute atomic E-state index is 12.5. The third-order valence-corrected chi connectivity index (χ3v) is 4.31. The van der Waals surface area contributed by atoms with E-state index in [0.29, 0.717) is 10.0 Å². The van der Waals surface area contributed by atoms with E-state index in [1.165, 1.54) is 7.11 Å². The summed E-state index contributed by atoms with van der Waals surface area (Å²) in [6, 6.07) is 3.46. The van der Waals surface area contributed by atoms with Crippen LogP contribution in [-0.4, -0.2) is 39.8 Å². The molecule has 108 valence electrons. The highest BCUT2D eigenvalue weighted by Crippen LogP contribution is 2.43. The number of carbonyl (C=O) groups excluding carboxylic acids is 2. The van der Waals surface area contributed by atoms with Crippen molar-refractivity contribution in [1.82, 2.24) is 0 Å². The van der Waals surface area contributed by atoms with Gasteiger partial charge >= 0.3 is 5.97 Å². The lowest BCUT2D eigenvalue weighted by atomic mass is 9.84. The predicted octanol–water partition coefficient (Wildman–Crippen LogP) is 2.12. The Morgan fingerprint density at radius 2 is 2.05 bits per heavy atom. The summed E-state index contributed by atoms with van der Waals surface area (Å²) < 4.78 is 10.5. The topological polar surface area (TPSA) is 55.8 Å². The molecule has 0 aliphatic carbocycles. The number of fused-ring (bicyclic) bond motifs is 1. The second-order valence-electron chi connectivity index (χ2n) is 4.97. The number of rotatable bonds is 3. The molecule has 0 N–H and O–H groups in total. The van der Waals surface area contributed by atoms with Crippen LogP contribution < -0.4 is 4.90 Å². The summed E-state index contributed by atoms with van der Waals surface area (Å²) in [4.78, 5) is 25.8. The number of benzene rings is 1. The molecule has 0 radical (unpaired) electrons. The van der Waals surface area contributed by atoms with Crippen molar-refractivity contribution >= 4 is 33.5 Å². The van der Waals surface area contributed by atoms with Crippen molar-refractivity contribution in [2.75, 3.05) is 32.8 Å². The second kappa shape index (κ2) is 5.18. The van der Waals surface area contributed by atoms with Gasteiger partial charge in [0.2, 0.25) is 5.91 Å². The molecule has 1 aliphatic heterocycles. The van der Waals surface area contributed by atoms with E-state index in [4.69, 9.17) is 9.47 Å². The summed E-state index contributed by atoms with van der Waals surface area (Å²) in [7, 11) is 4.59. The minimum Gasteiger partial charge on any atom is -0.465 e. The molecular formula is C14H16BrNO4. The number of ether oxygens (including phenoxy) is 2. The molecule has 0 bridgehead atoms. The van der Waals surface area contributed by atoms with Gasteiger partial charge in [0, 0.05) is 24.3 Å². The van der Waals surface area contributed by atoms with E-state index in [9.17, 15) is 9.59 Å². The van der Waals surface area contributed by atoms with Crippen LogP contribution in [0.4, 0.5) is 5.69 Å². The number of amides is 1. The Bertz CT molecular complexity index is 587. The quantitative estimate of drug-likeness (QED) is 0.790. The van der Waals surface area contributed by atoms with Gasteiger partial charge < -0.3 is 14.4 Å². The van der Waals surface area contributed by atoms with Crippen molar-refractivity contribution in [2.24, 2.45) is 0 Å². The first-order valence-corrected chi connectivity index (χ1v) is 6.85. The van der Waals surface area contributed by atoms with Crippen LogP contribution in [0.3, 0.4) is 0 Å². The minimum absolute atomic E-state index is 0.0525. The number of esters is 1. The summed E-state index contributed by atoms with van der Waals surface area (Å²) in [5.74, 6) is -0.496. The Kier molecular flexibility index (Phi) is 3.88. The highest BCUT2D eigenvalue weighted by atomic mass is 79.9. The molecule has 1 amide bonds. The largest absolute Gasteiger partial charge is 0.465 e. The van der Waals surface area contributed by atoms with Crippen LogP contribution in [0.15, 0.2) is 16.6 Å². The van der Waals surface area contributed by atoms with Gasteiger partial charge in [0.05, 0.1) is 24.7 Å². The summed E-state index contributed by atoms with van der Waals surface area (Å²) in [6.45, 7) is 2.07. The summed E-state index contributed by atoms with van der Waals surface area (Å²) in [6.07, 6.45) is 0. The SMILES string of the molecule is COCC1(C)C(=O)N(C)c2cc(Br)c(C(=O)OC)cc21. The van der Waals surface area contributed by atoms with Crippen molar-refractivity contribution in [1.29, 1.82) is 0 Å². The van der Waals surface area contributed by atoms with E-state index in [1.54, 1.807) is 31.2 Å². The zero-order chi connectivity index (χ0) is 15.1. The number of nitrogens with zero attached hydrogens (tertiary/aromatic N) is 1. The fraction of sp³-hybridized carbons (Fsp3) is 0.429. The van der Waals surface area contributed by atoms with Crippen LogP contribution in [-0.2, 0) is 19.7 Å². The lowest BCUT2D eigenvalue weighted by Gasteiger charge is -2.22. The lowest BCUT2D eigenvalue weighted by molar-refractivity contribution is -0.124. The van der Waals surface area contributed by atoms with Crippen molar-refractivity contribution in [3.8, 4) is 0 Å². The molecule has 0 fully saturated rings. The lowest BCUT2D eigenvalue weighted by Crippen LogP contribution is -2.39. The van der Waals surface area contributed by atoms with Crippen molar-refractivity contribution in [3.63, 3.8) is 0 Å². The van der Waals surface area contributed by atoms with Gasteiger partial charge in [0.25, 0.3) is 0 Å². The zero-order valence-electron chi connectivity index (χ0n) is 11.8. The third-order valence-electron chi connectivity index (χ3n) is 3.66. The molecule has 0 aromatic heterocycles. The Labute approximate surface area is 126 Å². The van der Waals surface area contributed by atoms with E-state index in [-0.39, 0.29) is 12.5 Å². The van der Waals surface area contributed by atoms with Gasteiger partial charge in [-0.15, -0.1) is 0 Å². The number of carbonyl (C=O) groups is 2. The molecule has 0 saturated carbocycles. The zero-order valence-corrected chi connectivity index (χ0v) is 13.4. The maximum Gasteiger partial charge on any atom is 0.339 e. The van der Waals surface area contributed by atoms with Gasteiger partial charge in [0.15, 0.2) is 0 Å². The van der Waals surface area contributed by atoms with Crippen LogP contribution >= 0.6 is 15.9 Å². The molecule has 6 heteroatoms. The maximum atomic E-state index is 12.5. The minimum atomic E-state index is -0.789. The summed E-state index contributed by atoms with van der Waals surface area (Å²) in [5.41, 5.74) is 1.16. The van der Waals surface area contributed by atoms with Gasteiger partial charge in [-0.1, -0.05) is 0 Å². The standard InChI is InChI=1S/C14H16BrNO4/c1-14(7-19-3)9-5-8(12(17)20-4)10(15)6-11(9)16(2)13(14)18/h5-6H,7H2,1-4H3. The molecule has 0 spiro atoms. The smallest absolute Gasteiger partial charge is 0.339 e. The molecule has 0 saturated heterocycles. The second-order valence-corrected chi connectivity index (χ2v) is 5.82. The molecule has 1 aliphatic rings. The molecular weight excluding hydrogens is 326 g/mol. The van der Waals surface area contributed by atoms with Crippen molar-refractivity contribution in [3.05, 3.63) is 27.7 Å². The number of hydrogen-bond donors (Lipinski definition) is 0. The molecule has 1 aromatic rings. The normalized spacial score (nSPS) is 21.1. The first-order chi connectivity index (χ1) is 9.36. The van der Waals surface area contributed by atoms with Crippen LogP contribution in [0.1, 0.15) is 22.8 Å². The van der Waals surface area contributed by atoms with E-state index in [2.05, 4.69) is 15.9 Å². The highest BCUT2D eigenvalue weighted by Gasteiger charge is 2.46. The Morgan fingerprint density at radius 1 is 1.40 bits per heavy atom. The van der Waals surface area contributed by atoms with Gasteiger partial charge in [-0.2, -0.15) is 0 Å². The Balaban J connectivity index is 2.65. The van der Waals surface area contributed by atoms with Crippen LogP contribution in [0.5, 0.6) is 0 Å². The molecule has 1 aromatic carbocycles. The number of halogens is 1. The molecule has 1 atom stereocenters. The fourth-order valence-corrected chi connectivity index (χ4v) is 3.06. The highest BCUT2D eigenvalue weighted by molar-refractivity contribution is 9.10. The number of methoxy groups -OCH3 is 2. The summed E-state index contributed by atoms with van der Waals surface area (Å²) >= 11 is 3.35. The first-order valence-electron chi connectivity index (χ1n) is 6.06. The van der Waals surface area contributed by atoms with Crippen molar-refractivity contribution in [2.45, 2.75) is 12.3 Å². The van der Waals surface area contributed by atoms with Crippen LogP contribution in [0.2, 0.25) is 0 Å². The average molecular weight is 342 g/mol. The van der Waals surface area contributed by atoms with Gasteiger partial charge in [-0.3, -0.25) is 4.79 Å². The molecule has 1 heterocycles. The summed E-state index contributed by atoms with van der Waals surface area (Å²) in [5, 5.41) is 0. The van der Waals surface area contributed by atoms with E-state index >= 15 is 0 Å². The molecule has 2 rings (SSSR count). The fourth-order valence-electron chi connectivity index (χ4n) is 2.57. The Hall–Kier alpha value is -1.40. The third kappa shape index (κ3) is 2.03. The van der Waals surface area contributed by atoms with E-state index in [0.717, 1.165) is 11.3 Å². The molecule has 5 nitrogen and oxygen atoms in total. The first kappa shape index (κ1) is 15.0. The van der Waals surface area contributed by atoms with Gasteiger partial charge in [-0.25, -0.2) is 4.79 Å². The predicted molar refractivity (Wildman–Crippen MR) is 78.1 cm³/mol. The Morgan fingerprint density at radius 3 is 2.60 bits per heavy atom. The van der Waals surface area contributed by atoms with E-state index in [1.807, 2.05) is 6.92 Å². The molecule has 20 heavy (non-hydrogen) atoms. The average Bonchev–Trinajstić information content (AvgIpc) is 2.60. The number of hydrogen-bond acceptors (Lipinski definition) is 4. The number of likely N-dealkylation sites (N-methyl/N-ethyl adjacent to an activating group) is 1. The monoisotopic (exact) mass is 341 g/mol. The number of anilines is 1. The molecule has 1 unspecified atom stereocenters. The van der Waals surface area contributed by atoms with E-state index < -0.39 is 11.4 Å². The van der Waals surface area contributed by atoms with Crippen LogP contribution in [0, 0.1) is 0 Å². The van der Waals surface area contributed by atoms with Gasteiger partial charge in [0.1, 0.15) is 0 Å².